The molecule has 0 amide bonds. The highest BCUT2D eigenvalue weighted by atomic mass is 16.5. The molecule has 0 saturated carbocycles. The van der Waals surface area contributed by atoms with Gasteiger partial charge in [-0.3, -0.25) is 4.57 Å². The first-order valence-electron chi connectivity index (χ1n) is 5.37. The van der Waals surface area contributed by atoms with Gasteiger partial charge in [0.1, 0.15) is 12.0 Å². The quantitative estimate of drug-likeness (QED) is 0.607. The molecule has 2 rings (SSSR count). The number of aromatic nitrogens is 2. The molecule has 1 fully saturated rings. The molecule has 0 radical (unpaired) electrons. The zero-order valence-corrected chi connectivity index (χ0v) is 9.19. The van der Waals surface area contributed by atoms with Gasteiger partial charge >= 0.3 is 5.69 Å². The van der Waals surface area contributed by atoms with Gasteiger partial charge in [-0.2, -0.15) is 4.98 Å². The number of nitrogens with two attached hydrogens (primary N) is 1. The Morgan fingerprint density at radius 2 is 2.29 bits per heavy atom. The molecular formula is C10H15N3O4. The van der Waals surface area contributed by atoms with Gasteiger partial charge in [-0.1, -0.05) is 0 Å². The lowest BCUT2D eigenvalue weighted by molar-refractivity contribution is -0.0365. The number of nitrogens with zero attached hydrogens (tertiary/aromatic N) is 2. The normalized spacial score (nSPS) is 28.5. The Bertz CT molecular complexity index is 435. The maximum absolute atomic E-state index is 11.6. The van der Waals surface area contributed by atoms with Crippen LogP contribution < -0.4 is 11.4 Å². The predicted molar refractivity (Wildman–Crippen MR) is 59.1 cm³/mol. The summed E-state index contributed by atoms with van der Waals surface area (Å²) in [7, 11) is 0. The Hall–Kier alpha value is -1.44. The Morgan fingerprint density at radius 1 is 1.53 bits per heavy atom. The Kier molecular flexibility index (Phi) is 3.41. The van der Waals surface area contributed by atoms with E-state index in [0.29, 0.717) is 6.42 Å². The van der Waals surface area contributed by atoms with Crippen molar-refractivity contribution in [1.29, 1.82) is 0 Å². The third kappa shape index (κ3) is 2.31. The maximum Gasteiger partial charge on any atom is 0.351 e. The molecular weight excluding hydrogens is 226 g/mol. The first-order chi connectivity index (χ1) is 8.15. The first-order valence-corrected chi connectivity index (χ1v) is 5.37. The van der Waals surface area contributed by atoms with E-state index in [0.717, 1.165) is 0 Å². The largest absolute Gasteiger partial charge is 0.396 e. The van der Waals surface area contributed by atoms with Crippen molar-refractivity contribution in [1.82, 2.24) is 9.55 Å². The van der Waals surface area contributed by atoms with E-state index in [9.17, 15) is 4.79 Å². The zero-order valence-electron chi connectivity index (χ0n) is 9.19. The highest BCUT2D eigenvalue weighted by Crippen LogP contribution is 2.31. The molecule has 7 heteroatoms. The zero-order chi connectivity index (χ0) is 12.4. The summed E-state index contributed by atoms with van der Waals surface area (Å²) in [4.78, 5) is 15.2. The van der Waals surface area contributed by atoms with Crippen molar-refractivity contribution >= 4 is 5.82 Å². The van der Waals surface area contributed by atoms with Crippen LogP contribution in [0.1, 0.15) is 12.6 Å². The van der Waals surface area contributed by atoms with Crippen molar-refractivity contribution in [3.05, 3.63) is 22.7 Å². The summed E-state index contributed by atoms with van der Waals surface area (Å²) >= 11 is 0. The molecule has 0 spiro atoms. The number of hydrogen-bond donors (Lipinski definition) is 3. The van der Waals surface area contributed by atoms with E-state index in [1.54, 1.807) is 0 Å². The SMILES string of the molecule is Nc1ccn([C@H]2C[C@@H](CO)[C@@H](CO)O2)c(=O)n1. The van der Waals surface area contributed by atoms with Crippen molar-refractivity contribution in [2.24, 2.45) is 5.92 Å². The summed E-state index contributed by atoms with van der Waals surface area (Å²) in [5.41, 5.74) is 4.89. The van der Waals surface area contributed by atoms with Gasteiger partial charge < -0.3 is 20.7 Å². The van der Waals surface area contributed by atoms with Crippen molar-refractivity contribution in [3.63, 3.8) is 0 Å². The van der Waals surface area contributed by atoms with Crippen LogP contribution in [0, 0.1) is 5.92 Å². The molecule has 94 valence electrons. The number of rotatable bonds is 3. The molecule has 0 aromatic carbocycles. The molecule has 0 bridgehead atoms. The molecule has 1 saturated heterocycles. The third-order valence-corrected chi connectivity index (χ3v) is 2.94. The summed E-state index contributed by atoms with van der Waals surface area (Å²) in [6, 6.07) is 1.50. The van der Waals surface area contributed by atoms with Crippen molar-refractivity contribution in [2.75, 3.05) is 18.9 Å². The molecule has 2 heterocycles. The van der Waals surface area contributed by atoms with Gasteiger partial charge in [0.15, 0.2) is 0 Å². The second-order valence-electron chi connectivity index (χ2n) is 4.03. The van der Waals surface area contributed by atoms with Gasteiger partial charge in [-0.25, -0.2) is 4.79 Å². The first kappa shape index (κ1) is 12.0. The van der Waals surface area contributed by atoms with Gasteiger partial charge in [0.2, 0.25) is 0 Å². The van der Waals surface area contributed by atoms with Crippen LogP contribution in [-0.2, 0) is 4.74 Å². The van der Waals surface area contributed by atoms with E-state index >= 15 is 0 Å². The van der Waals surface area contributed by atoms with Crippen molar-refractivity contribution in [2.45, 2.75) is 18.8 Å². The van der Waals surface area contributed by atoms with Crippen LogP contribution in [-0.4, -0.2) is 39.1 Å². The van der Waals surface area contributed by atoms with Gasteiger partial charge in [0, 0.05) is 25.1 Å². The van der Waals surface area contributed by atoms with E-state index in [4.69, 9.17) is 20.7 Å². The van der Waals surface area contributed by atoms with E-state index in [2.05, 4.69) is 4.98 Å². The van der Waals surface area contributed by atoms with Gasteiger partial charge in [0.05, 0.1) is 12.7 Å². The predicted octanol–water partition coefficient (Wildman–Crippen LogP) is -1.29. The molecule has 0 unspecified atom stereocenters. The molecule has 17 heavy (non-hydrogen) atoms. The van der Waals surface area contributed by atoms with E-state index in [1.807, 2.05) is 0 Å². The van der Waals surface area contributed by atoms with Gasteiger partial charge in [-0.05, 0) is 6.07 Å². The van der Waals surface area contributed by atoms with Crippen LogP contribution in [0.15, 0.2) is 17.1 Å². The topological polar surface area (TPSA) is 111 Å². The fraction of sp³-hybridized carbons (Fsp3) is 0.600. The number of anilines is 1. The van der Waals surface area contributed by atoms with Crippen LogP contribution in [0.3, 0.4) is 0 Å². The molecule has 1 aromatic heterocycles. The van der Waals surface area contributed by atoms with Crippen LogP contribution in [0.5, 0.6) is 0 Å². The molecule has 4 N–H and O–H groups in total. The summed E-state index contributed by atoms with van der Waals surface area (Å²) in [5.74, 6) is -0.0175. The summed E-state index contributed by atoms with van der Waals surface area (Å²) in [6.45, 7) is -0.266. The van der Waals surface area contributed by atoms with Crippen LogP contribution in [0.4, 0.5) is 5.82 Å². The molecule has 1 aliphatic rings. The molecule has 0 aliphatic carbocycles. The van der Waals surface area contributed by atoms with E-state index < -0.39 is 18.0 Å². The second-order valence-corrected chi connectivity index (χ2v) is 4.03. The minimum Gasteiger partial charge on any atom is -0.396 e. The van der Waals surface area contributed by atoms with E-state index in [1.165, 1.54) is 16.8 Å². The standard InChI is InChI=1S/C10H15N3O4/c11-8-1-2-13(10(16)12-8)9-3-6(4-14)7(5-15)17-9/h1-2,6-7,9,14-15H,3-5H2,(H2,11,12,16)/t6-,7+,9+/m0/s1. The molecule has 7 nitrogen and oxygen atoms in total. The van der Waals surface area contributed by atoms with Crippen LogP contribution >= 0.6 is 0 Å². The number of aliphatic hydroxyl groups is 2. The number of nitrogen functional groups attached to an aromatic ring is 1. The lowest BCUT2D eigenvalue weighted by Crippen LogP contribution is -2.27. The van der Waals surface area contributed by atoms with Crippen molar-refractivity contribution in [3.8, 4) is 0 Å². The average molecular weight is 241 g/mol. The minimum absolute atomic E-state index is 0.0844. The van der Waals surface area contributed by atoms with Crippen LogP contribution in [0.25, 0.3) is 0 Å². The summed E-state index contributed by atoms with van der Waals surface area (Å²) in [6.07, 6.45) is 1.01. The van der Waals surface area contributed by atoms with E-state index in [-0.39, 0.29) is 24.9 Å². The van der Waals surface area contributed by atoms with Gasteiger partial charge in [-0.15, -0.1) is 0 Å². The highest BCUT2D eigenvalue weighted by Gasteiger charge is 2.35. The Labute approximate surface area is 97.5 Å². The number of hydrogen-bond acceptors (Lipinski definition) is 6. The number of ether oxygens (including phenoxy) is 1. The highest BCUT2D eigenvalue weighted by molar-refractivity contribution is 5.23. The molecule has 1 aliphatic heterocycles. The molecule has 1 aromatic rings. The fourth-order valence-corrected chi connectivity index (χ4v) is 1.99. The lowest BCUT2D eigenvalue weighted by atomic mass is 10.0. The third-order valence-electron chi connectivity index (χ3n) is 2.94. The Balaban J connectivity index is 2.22. The minimum atomic E-state index is -0.509. The summed E-state index contributed by atoms with van der Waals surface area (Å²) < 4.78 is 6.81. The molecule has 3 atom stereocenters. The Morgan fingerprint density at radius 3 is 2.82 bits per heavy atom. The fourth-order valence-electron chi connectivity index (χ4n) is 1.99. The smallest absolute Gasteiger partial charge is 0.351 e. The number of aliphatic hydroxyl groups excluding tert-OH is 2. The van der Waals surface area contributed by atoms with Crippen molar-refractivity contribution < 1.29 is 14.9 Å². The lowest BCUT2D eigenvalue weighted by Gasteiger charge is -2.14. The average Bonchev–Trinajstić information content (AvgIpc) is 2.72. The second kappa shape index (κ2) is 4.82. The monoisotopic (exact) mass is 241 g/mol. The summed E-state index contributed by atoms with van der Waals surface area (Å²) in [5, 5.41) is 18.2. The maximum atomic E-state index is 11.6. The van der Waals surface area contributed by atoms with Gasteiger partial charge in [0.25, 0.3) is 0 Å². The van der Waals surface area contributed by atoms with Crippen LogP contribution in [0.2, 0.25) is 0 Å².